The molecule has 1 aromatic heterocycles. The molecule has 2 aliphatic heterocycles. The Kier molecular flexibility index (Phi) is 3.17. The highest BCUT2D eigenvalue weighted by molar-refractivity contribution is 5.87. The first-order chi connectivity index (χ1) is 10.1. The number of methoxy groups -OCH3 is 1. The van der Waals surface area contributed by atoms with Gasteiger partial charge in [-0.2, -0.15) is 10.2 Å². The normalized spacial score (nSPS) is 23.2. The van der Waals surface area contributed by atoms with Crippen LogP contribution in [0.4, 0.5) is 4.79 Å². The summed E-state index contributed by atoms with van der Waals surface area (Å²) in [5.41, 5.74) is 1.47. The highest BCUT2D eigenvalue weighted by atomic mass is 16.7. The first kappa shape index (κ1) is 13.6. The summed E-state index contributed by atoms with van der Waals surface area (Å²) in [5, 5.41) is 5.48. The molecule has 0 aromatic carbocycles. The molecule has 0 saturated carbocycles. The van der Waals surface area contributed by atoms with E-state index in [4.69, 9.17) is 9.57 Å². The Morgan fingerprint density at radius 3 is 3.05 bits per heavy atom. The van der Waals surface area contributed by atoms with Crippen molar-refractivity contribution < 1.29 is 19.2 Å². The van der Waals surface area contributed by atoms with Crippen molar-refractivity contribution in [1.29, 1.82) is 0 Å². The van der Waals surface area contributed by atoms with Gasteiger partial charge >= 0.3 is 12.0 Å². The fourth-order valence-corrected chi connectivity index (χ4v) is 2.87. The number of aryl methyl sites for hydroxylation is 1. The number of aromatic nitrogens is 2. The summed E-state index contributed by atoms with van der Waals surface area (Å²) in [6.07, 6.45) is 3.23. The molecule has 3 rings (SSSR count). The number of hydrogen-bond acceptors (Lipinski definition) is 5. The number of carbonyl (C=O) groups excluding carboxylic acids is 2. The average molecular weight is 292 g/mol. The maximum Gasteiger partial charge on any atom is 0.345 e. The fourth-order valence-electron chi connectivity index (χ4n) is 2.87. The van der Waals surface area contributed by atoms with Crippen molar-refractivity contribution in [2.45, 2.75) is 12.1 Å². The van der Waals surface area contributed by atoms with Gasteiger partial charge in [0.15, 0.2) is 6.04 Å². The number of fused-ring (bicyclic) bond motifs is 4. The van der Waals surface area contributed by atoms with E-state index in [0.717, 1.165) is 5.56 Å². The molecule has 3 heterocycles. The van der Waals surface area contributed by atoms with Crippen LogP contribution in [0.2, 0.25) is 0 Å². The Balaban J connectivity index is 2.05. The lowest BCUT2D eigenvalue weighted by Gasteiger charge is -2.28. The molecule has 0 spiro atoms. The van der Waals surface area contributed by atoms with Crippen molar-refractivity contribution >= 4 is 12.0 Å². The van der Waals surface area contributed by atoms with Gasteiger partial charge in [-0.3, -0.25) is 9.52 Å². The molecule has 2 atom stereocenters. The SMILES string of the molecule is C=CCON1C(=O)N2CC1c1cnn(C)c1C2C(=O)OC. The maximum absolute atomic E-state index is 12.5. The molecule has 21 heavy (non-hydrogen) atoms. The molecule has 2 bridgehead atoms. The number of hydrogen-bond donors (Lipinski definition) is 0. The molecule has 8 heteroatoms. The van der Waals surface area contributed by atoms with E-state index in [0.29, 0.717) is 12.2 Å². The molecule has 0 N–H and O–H groups in total. The summed E-state index contributed by atoms with van der Waals surface area (Å²) in [6, 6.07) is -1.42. The van der Waals surface area contributed by atoms with E-state index in [-0.39, 0.29) is 18.7 Å². The Morgan fingerprint density at radius 1 is 1.62 bits per heavy atom. The number of urea groups is 1. The van der Waals surface area contributed by atoms with Crippen molar-refractivity contribution in [1.82, 2.24) is 19.7 Å². The molecule has 0 aliphatic carbocycles. The zero-order valence-electron chi connectivity index (χ0n) is 11.9. The van der Waals surface area contributed by atoms with E-state index in [9.17, 15) is 9.59 Å². The largest absolute Gasteiger partial charge is 0.467 e. The van der Waals surface area contributed by atoms with E-state index >= 15 is 0 Å². The van der Waals surface area contributed by atoms with Gasteiger partial charge in [0.1, 0.15) is 6.04 Å². The summed E-state index contributed by atoms with van der Waals surface area (Å²) < 4.78 is 6.43. The van der Waals surface area contributed by atoms with Gasteiger partial charge in [0.2, 0.25) is 0 Å². The molecule has 2 aliphatic rings. The highest BCUT2D eigenvalue weighted by Gasteiger charge is 2.53. The number of hydroxylamine groups is 2. The summed E-state index contributed by atoms with van der Waals surface area (Å²) in [6.45, 7) is 4.16. The third-order valence-electron chi connectivity index (χ3n) is 3.79. The molecule has 1 fully saturated rings. The van der Waals surface area contributed by atoms with Crippen LogP contribution in [0.15, 0.2) is 18.9 Å². The second kappa shape index (κ2) is 4.88. The fraction of sp³-hybridized carbons (Fsp3) is 0.462. The van der Waals surface area contributed by atoms with Gasteiger partial charge in [-0.25, -0.2) is 9.59 Å². The topological polar surface area (TPSA) is 76.9 Å². The van der Waals surface area contributed by atoms with Crippen LogP contribution in [0.25, 0.3) is 0 Å². The van der Waals surface area contributed by atoms with Gasteiger partial charge < -0.3 is 9.64 Å². The van der Waals surface area contributed by atoms with Gasteiger partial charge in [-0.1, -0.05) is 6.08 Å². The van der Waals surface area contributed by atoms with E-state index < -0.39 is 12.0 Å². The van der Waals surface area contributed by atoms with Gasteiger partial charge in [0, 0.05) is 12.6 Å². The van der Waals surface area contributed by atoms with Crippen LogP contribution in [0.3, 0.4) is 0 Å². The number of amides is 2. The Bertz CT molecular complexity index is 611. The van der Waals surface area contributed by atoms with E-state index in [2.05, 4.69) is 11.7 Å². The minimum absolute atomic E-state index is 0.217. The van der Waals surface area contributed by atoms with Crippen molar-refractivity contribution in [3.8, 4) is 0 Å². The van der Waals surface area contributed by atoms with E-state index in [1.807, 2.05) is 0 Å². The number of esters is 1. The van der Waals surface area contributed by atoms with E-state index in [1.54, 1.807) is 24.0 Å². The Hall–Kier alpha value is -2.35. The van der Waals surface area contributed by atoms with Gasteiger partial charge in [0.05, 0.1) is 32.2 Å². The summed E-state index contributed by atoms with van der Waals surface area (Å²) in [4.78, 5) is 31.4. The van der Waals surface area contributed by atoms with Crippen LogP contribution in [-0.4, -0.2) is 52.0 Å². The zero-order chi connectivity index (χ0) is 15.1. The van der Waals surface area contributed by atoms with Crippen LogP contribution in [0.5, 0.6) is 0 Å². The number of carbonyl (C=O) groups is 2. The van der Waals surface area contributed by atoms with Crippen molar-refractivity contribution in [2.75, 3.05) is 20.3 Å². The predicted molar refractivity (Wildman–Crippen MR) is 70.8 cm³/mol. The van der Waals surface area contributed by atoms with E-state index in [1.165, 1.54) is 17.1 Å². The lowest BCUT2D eigenvalue weighted by atomic mass is 9.98. The van der Waals surface area contributed by atoms with Crippen molar-refractivity contribution in [3.05, 3.63) is 30.1 Å². The monoisotopic (exact) mass is 292 g/mol. The molecule has 112 valence electrons. The molecule has 1 aromatic rings. The molecule has 0 radical (unpaired) electrons. The predicted octanol–water partition coefficient (Wildman–Crippen LogP) is 0.544. The lowest BCUT2D eigenvalue weighted by molar-refractivity contribution is -0.146. The second-order valence-corrected chi connectivity index (χ2v) is 4.90. The third-order valence-corrected chi connectivity index (χ3v) is 3.79. The first-order valence-electron chi connectivity index (χ1n) is 6.53. The van der Waals surface area contributed by atoms with Crippen LogP contribution in [-0.2, 0) is 21.4 Å². The van der Waals surface area contributed by atoms with Gasteiger partial charge in [0.25, 0.3) is 0 Å². The highest BCUT2D eigenvalue weighted by Crippen LogP contribution is 2.43. The minimum Gasteiger partial charge on any atom is -0.467 e. The molecule has 2 amide bonds. The standard InChI is InChI=1S/C13H16N4O4/c1-4-5-21-17-9-7-16(13(17)19)11(12(18)20-3)10-8(9)6-14-15(10)2/h4,6,9,11H,1,5,7H2,2-3H3. The van der Waals surface area contributed by atoms with Crippen LogP contribution in [0.1, 0.15) is 23.3 Å². The number of ether oxygens (including phenoxy) is 1. The number of nitrogens with zero attached hydrogens (tertiary/aromatic N) is 4. The average Bonchev–Trinajstić information content (AvgIpc) is 2.99. The van der Waals surface area contributed by atoms with Crippen LogP contribution < -0.4 is 0 Å². The van der Waals surface area contributed by atoms with Crippen molar-refractivity contribution in [3.63, 3.8) is 0 Å². The minimum atomic E-state index is -0.793. The number of rotatable bonds is 4. The Labute approximate surface area is 121 Å². The summed E-state index contributed by atoms with van der Waals surface area (Å²) >= 11 is 0. The molecule has 1 saturated heterocycles. The molecule has 8 nitrogen and oxygen atoms in total. The second-order valence-electron chi connectivity index (χ2n) is 4.90. The van der Waals surface area contributed by atoms with Gasteiger partial charge in [-0.15, -0.1) is 6.58 Å². The lowest BCUT2D eigenvalue weighted by Crippen LogP contribution is -2.40. The van der Waals surface area contributed by atoms with Crippen LogP contribution in [0, 0.1) is 0 Å². The maximum atomic E-state index is 12.5. The van der Waals surface area contributed by atoms with Gasteiger partial charge in [-0.05, 0) is 0 Å². The van der Waals surface area contributed by atoms with Crippen LogP contribution >= 0.6 is 0 Å². The van der Waals surface area contributed by atoms with Crippen molar-refractivity contribution in [2.24, 2.45) is 7.05 Å². The zero-order valence-corrected chi connectivity index (χ0v) is 11.9. The third kappa shape index (κ3) is 1.83. The summed E-state index contributed by atoms with van der Waals surface area (Å²) in [5.74, 6) is -0.489. The molecule has 2 unspecified atom stereocenters. The Morgan fingerprint density at radius 2 is 2.38 bits per heavy atom. The quantitative estimate of drug-likeness (QED) is 0.598. The smallest absolute Gasteiger partial charge is 0.345 e. The molecular weight excluding hydrogens is 276 g/mol. The first-order valence-corrected chi connectivity index (χ1v) is 6.53. The summed E-state index contributed by atoms with van der Waals surface area (Å²) in [7, 11) is 3.04. The molecular formula is C13H16N4O4.